The Kier molecular flexibility index (Phi) is 4.25. The smallest absolute Gasteiger partial charge is 0.0409 e. The summed E-state index contributed by atoms with van der Waals surface area (Å²) in [7, 11) is 0. The Bertz CT molecular complexity index is 333. The SMILES string of the molecule is CCC(CC1CC1)NCc1cccc(Cl)c1. The van der Waals surface area contributed by atoms with E-state index >= 15 is 0 Å². The van der Waals surface area contributed by atoms with E-state index in [0.29, 0.717) is 6.04 Å². The van der Waals surface area contributed by atoms with Crippen molar-refractivity contribution in [1.29, 1.82) is 0 Å². The molecule has 1 aliphatic rings. The zero-order chi connectivity index (χ0) is 11.4. The average molecular weight is 238 g/mol. The minimum atomic E-state index is 0.673. The molecule has 0 saturated heterocycles. The van der Waals surface area contributed by atoms with E-state index in [-0.39, 0.29) is 0 Å². The van der Waals surface area contributed by atoms with Gasteiger partial charge in [0.15, 0.2) is 0 Å². The molecule has 2 heteroatoms. The van der Waals surface area contributed by atoms with Gasteiger partial charge in [-0.05, 0) is 36.5 Å². The highest BCUT2D eigenvalue weighted by Crippen LogP contribution is 2.34. The summed E-state index contributed by atoms with van der Waals surface area (Å²) in [6.45, 7) is 3.20. The lowest BCUT2D eigenvalue weighted by Crippen LogP contribution is -2.28. The number of halogens is 1. The Morgan fingerprint density at radius 3 is 2.88 bits per heavy atom. The van der Waals surface area contributed by atoms with Crippen molar-refractivity contribution in [3.8, 4) is 0 Å². The fourth-order valence-corrected chi connectivity index (χ4v) is 2.27. The number of hydrogen-bond acceptors (Lipinski definition) is 1. The van der Waals surface area contributed by atoms with Gasteiger partial charge in [0.1, 0.15) is 0 Å². The summed E-state index contributed by atoms with van der Waals surface area (Å²) in [4.78, 5) is 0. The zero-order valence-corrected chi connectivity index (χ0v) is 10.6. The van der Waals surface area contributed by atoms with E-state index in [1.54, 1.807) is 0 Å². The van der Waals surface area contributed by atoms with Crippen LogP contribution in [-0.2, 0) is 6.54 Å². The largest absolute Gasteiger partial charge is 0.310 e. The van der Waals surface area contributed by atoms with E-state index in [9.17, 15) is 0 Å². The fraction of sp³-hybridized carbons (Fsp3) is 0.571. The molecule has 1 atom stereocenters. The molecule has 0 bridgehead atoms. The summed E-state index contributed by atoms with van der Waals surface area (Å²) in [6, 6.07) is 8.78. The van der Waals surface area contributed by atoms with Gasteiger partial charge >= 0.3 is 0 Å². The second-order valence-corrected chi connectivity index (χ2v) is 5.23. The Hall–Kier alpha value is -0.530. The molecule has 88 valence electrons. The molecule has 2 rings (SSSR count). The third-order valence-electron chi connectivity index (χ3n) is 3.29. The summed E-state index contributed by atoms with van der Waals surface area (Å²) in [5.74, 6) is 0.997. The number of nitrogens with one attached hydrogen (secondary N) is 1. The van der Waals surface area contributed by atoms with Crippen LogP contribution in [0, 0.1) is 5.92 Å². The summed E-state index contributed by atoms with van der Waals surface area (Å²) >= 11 is 5.96. The van der Waals surface area contributed by atoms with Crippen molar-refractivity contribution in [3.05, 3.63) is 34.9 Å². The van der Waals surface area contributed by atoms with Crippen LogP contribution in [0.1, 0.15) is 38.2 Å². The van der Waals surface area contributed by atoms with E-state index in [0.717, 1.165) is 17.5 Å². The van der Waals surface area contributed by atoms with Crippen molar-refractivity contribution in [2.24, 2.45) is 5.92 Å². The highest BCUT2D eigenvalue weighted by atomic mass is 35.5. The van der Waals surface area contributed by atoms with Crippen LogP contribution in [-0.4, -0.2) is 6.04 Å². The molecular formula is C14H20ClN. The van der Waals surface area contributed by atoms with Crippen LogP contribution in [0.5, 0.6) is 0 Å². The average Bonchev–Trinajstić information content (AvgIpc) is 3.08. The van der Waals surface area contributed by atoms with Gasteiger partial charge in [-0.15, -0.1) is 0 Å². The molecule has 0 aromatic heterocycles. The third-order valence-corrected chi connectivity index (χ3v) is 3.53. The molecule has 0 heterocycles. The molecule has 1 fully saturated rings. The Morgan fingerprint density at radius 2 is 2.25 bits per heavy atom. The van der Waals surface area contributed by atoms with Gasteiger partial charge in [0.2, 0.25) is 0 Å². The summed E-state index contributed by atoms with van der Waals surface area (Å²) in [5, 5.41) is 4.45. The lowest BCUT2D eigenvalue weighted by atomic mass is 10.1. The van der Waals surface area contributed by atoms with E-state index in [1.165, 1.54) is 31.2 Å². The number of rotatable bonds is 6. The molecule has 0 amide bonds. The molecule has 1 aromatic rings. The molecule has 1 unspecified atom stereocenters. The molecule has 0 spiro atoms. The topological polar surface area (TPSA) is 12.0 Å². The summed E-state index contributed by atoms with van der Waals surface area (Å²) in [6.07, 6.45) is 5.44. The Labute approximate surface area is 103 Å². The first-order valence-corrected chi connectivity index (χ1v) is 6.63. The molecular weight excluding hydrogens is 218 g/mol. The molecule has 1 aromatic carbocycles. The lowest BCUT2D eigenvalue weighted by Gasteiger charge is -2.16. The predicted octanol–water partition coefficient (Wildman–Crippen LogP) is 4.01. The van der Waals surface area contributed by atoms with Crippen LogP contribution in [0.15, 0.2) is 24.3 Å². The van der Waals surface area contributed by atoms with Gasteiger partial charge in [0.05, 0.1) is 0 Å². The van der Waals surface area contributed by atoms with Crippen molar-refractivity contribution in [2.45, 2.75) is 45.2 Å². The first kappa shape index (κ1) is 11.9. The Balaban J connectivity index is 1.80. The molecule has 1 N–H and O–H groups in total. The maximum atomic E-state index is 5.96. The third kappa shape index (κ3) is 3.80. The van der Waals surface area contributed by atoms with Gasteiger partial charge in [-0.2, -0.15) is 0 Å². The van der Waals surface area contributed by atoms with Crippen molar-refractivity contribution >= 4 is 11.6 Å². The maximum Gasteiger partial charge on any atom is 0.0409 e. The first-order valence-electron chi connectivity index (χ1n) is 6.25. The minimum Gasteiger partial charge on any atom is -0.310 e. The molecule has 0 aliphatic heterocycles. The van der Waals surface area contributed by atoms with E-state index in [1.807, 2.05) is 18.2 Å². The lowest BCUT2D eigenvalue weighted by molar-refractivity contribution is 0.445. The fourth-order valence-electron chi connectivity index (χ4n) is 2.06. The van der Waals surface area contributed by atoms with E-state index in [4.69, 9.17) is 11.6 Å². The van der Waals surface area contributed by atoms with E-state index < -0.39 is 0 Å². The van der Waals surface area contributed by atoms with Crippen LogP contribution in [0.4, 0.5) is 0 Å². The van der Waals surface area contributed by atoms with Crippen molar-refractivity contribution in [3.63, 3.8) is 0 Å². The highest BCUT2D eigenvalue weighted by Gasteiger charge is 2.24. The standard InChI is InChI=1S/C14H20ClN/c1-2-14(9-11-6-7-11)16-10-12-4-3-5-13(15)8-12/h3-5,8,11,14,16H,2,6-7,9-10H2,1H3. The van der Waals surface area contributed by atoms with Crippen molar-refractivity contribution in [1.82, 2.24) is 5.32 Å². The van der Waals surface area contributed by atoms with Crippen molar-refractivity contribution < 1.29 is 0 Å². The van der Waals surface area contributed by atoms with Gasteiger partial charge in [0.25, 0.3) is 0 Å². The predicted molar refractivity (Wildman–Crippen MR) is 69.7 cm³/mol. The number of hydrogen-bond donors (Lipinski definition) is 1. The van der Waals surface area contributed by atoms with Gasteiger partial charge in [-0.1, -0.05) is 43.5 Å². The van der Waals surface area contributed by atoms with Gasteiger partial charge < -0.3 is 5.32 Å². The first-order chi connectivity index (χ1) is 7.78. The van der Waals surface area contributed by atoms with Crippen LogP contribution < -0.4 is 5.32 Å². The van der Waals surface area contributed by atoms with Gasteiger partial charge in [-0.25, -0.2) is 0 Å². The van der Waals surface area contributed by atoms with Crippen LogP contribution >= 0.6 is 11.6 Å². The molecule has 0 radical (unpaired) electrons. The second kappa shape index (κ2) is 5.70. The molecule has 1 nitrogen and oxygen atoms in total. The summed E-state index contributed by atoms with van der Waals surface area (Å²) in [5.41, 5.74) is 1.28. The normalized spacial score (nSPS) is 17.4. The minimum absolute atomic E-state index is 0.673. The van der Waals surface area contributed by atoms with Crippen LogP contribution in [0.3, 0.4) is 0 Å². The van der Waals surface area contributed by atoms with Crippen LogP contribution in [0.25, 0.3) is 0 Å². The maximum absolute atomic E-state index is 5.96. The zero-order valence-electron chi connectivity index (χ0n) is 9.88. The molecule has 1 saturated carbocycles. The monoisotopic (exact) mass is 237 g/mol. The van der Waals surface area contributed by atoms with E-state index in [2.05, 4.69) is 18.3 Å². The van der Waals surface area contributed by atoms with Crippen LogP contribution in [0.2, 0.25) is 5.02 Å². The Morgan fingerprint density at radius 1 is 1.44 bits per heavy atom. The van der Waals surface area contributed by atoms with Gasteiger partial charge in [-0.3, -0.25) is 0 Å². The molecule has 16 heavy (non-hydrogen) atoms. The van der Waals surface area contributed by atoms with Gasteiger partial charge in [0, 0.05) is 17.6 Å². The highest BCUT2D eigenvalue weighted by molar-refractivity contribution is 6.30. The second-order valence-electron chi connectivity index (χ2n) is 4.80. The number of benzene rings is 1. The quantitative estimate of drug-likeness (QED) is 0.789. The summed E-state index contributed by atoms with van der Waals surface area (Å²) < 4.78 is 0. The molecule has 1 aliphatic carbocycles. The van der Waals surface area contributed by atoms with Crippen molar-refractivity contribution in [2.75, 3.05) is 0 Å².